The molecule has 1 aromatic rings. The fraction of sp³-hybridized carbons (Fsp3) is 0.647. The van der Waals surface area contributed by atoms with Crippen LogP contribution in [-0.4, -0.2) is 25.9 Å². The lowest BCUT2D eigenvalue weighted by atomic mass is 9.96. The molecule has 0 spiro atoms. The molecule has 0 saturated carbocycles. The number of rotatable bonds is 6. The average molecular weight is 354 g/mol. The van der Waals surface area contributed by atoms with Gasteiger partial charge in [0, 0.05) is 29.1 Å². The van der Waals surface area contributed by atoms with Crippen LogP contribution in [0.15, 0.2) is 16.6 Å². The first-order chi connectivity index (χ1) is 10.3. The van der Waals surface area contributed by atoms with Gasteiger partial charge in [-0.05, 0) is 49.9 Å². The van der Waals surface area contributed by atoms with Gasteiger partial charge in [-0.15, -0.1) is 0 Å². The topological polar surface area (TPSA) is 30.5 Å². The second-order valence-electron chi connectivity index (χ2n) is 5.96. The molecule has 1 fully saturated rings. The first-order valence-electron chi connectivity index (χ1n) is 8.08. The van der Waals surface area contributed by atoms with Crippen molar-refractivity contribution in [3.8, 4) is 5.75 Å². The third kappa shape index (κ3) is 3.61. The van der Waals surface area contributed by atoms with Crippen LogP contribution < -0.4 is 10.1 Å². The van der Waals surface area contributed by atoms with Gasteiger partial charge in [-0.25, -0.2) is 0 Å². The van der Waals surface area contributed by atoms with Crippen LogP contribution in [0.5, 0.6) is 5.75 Å². The van der Waals surface area contributed by atoms with Crippen LogP contribution in [0.4, 0.5) is 0 Å². The number of hydrogen-bond donors (Lipinski definition) is 1. The summed E-state index contributed by atoms with van der Waals surface area (Å²) in [6, 6.07) is 4.72. The number of halogens is 1. The van der Waals surface area contributed by atoms with E-state index in [-0.39, 0.29) is 0 Å². The highest BCUT2D eigenvalue weighted by molar-refractivity contribution is 9.10. The van der Waals surface area contributed by atoms with Crippen molar-refractivity contribution >= 4 is 15.9 Å². The van der Waals surface area contributed by atoms with E-state index in [1.165, 1.54) is 24.0 Å². The van der Waals surface area contributed by atoms with Crippen LogP contribution >= 0.6 is 15.9 Å². The van der Waals surface area contributed by atoms with Crippen molar-refractivity contribution in [1.82, 2.24) is 5.32 Å². The van der Waals surface area contributed by atoms with Crippen LogP contribution in [0.2, 0.25) is 0 Å². The highest BCUT2D eigenvalue weighted by atomic mass is 79.9. The second kappa shape index (κ2) is 7.12. The lowest BCUT2D eigenvalue weighted by molar-refractivity contribution is 0.0943. The van der Waals surface area contributed by atoms with E-state index in [0.717, 1.165) is 49.2 Å². The zero-order valence-electron chi connectivity index (χ0n) is 12.7. The summed E-state index contributed by atoms with van der Waals surface area (Å²) < 4.78 is 12.9. The molecule has 0 aliphatic carbocycles. The predicted molar refractivity (Wildman–Crippen MR) is 88.0 cm³/mol. The van der Waals surface area contributed by atoms with Crippen molar-refractivity contribution in [2.24, 2.45) is 0 Å². The molecule has 21 heavy (non-hydrogen) atoms. The van der Waals surface area contributed by atoms with Gasteiger partial charge < -0.3 is 14.8 Å². The maximum absolute atomic E-state index is 5.91. The molecule has 0 bridgehead atoms. The molecule has 2 atom stereocenters. The molecule has 2 aliphatic rings. The van der Waals surface area contributed by atoms with Crippen LogP contribution in [0.25, 0.3) is 0 Å². The van der Waals surface area contributed by atoms with E-state index >= 15 is 0 Å². The first kappa shape index (κ1) is 15.3. The largest absolute Gasteiger partial charge is 0.493 e. The van der Waals surface area contributed by atoms with E-state index in [1.807, 2.05) is 0 Å². The van der Waals surface area contributed by atoms with Gasteiger partial charge in [0.05, 0.1) is 12.7 Å². The van der Waals surface area contributed by atoms with E-state index in [4.69, 9.17) is 9.47 Å². The van der Waals surface area contributed by atoms with Gasteiger partial charge in [0.2, 0.25) is 0 Å². The third-order valence-electron chi connectivity index (χ3n) is 4.32. The molecule has 3 nitrogen and oxygen atoms in total. The van der Waals surface area contributed by atoms with E-state index in [1.54, 1.807) is 0 Å². The summed E-state index contributed by atoms with van der Waals surface area (Å²) in [5.74, 6) is 1.10. The van der Waals surface area contributed by atoms with Crippen molar-refractivity contribution in [3.63, 3.8) is 0 Å². The SMILES string of the molecule is CCCNC(CC1CCCO1)c1cc(Br)cc2c1OCC2. The maximum atomic E-state index is 5.91. The standard InChI is InChI=1S/C17H24BrNO2/c1-2-6-19-16(11-14-4-3-7-20-14)15-10-13(18)9-12-5-8-21-17(12)15/h9-10,14,16,19H,2-8,11H2,1H3. The Morgan fingerprint density at radius 1 is 1.38 bits per heavy atom. The van der Waals surface area contributed by atoms with Crippen LogP contribution in [0.1, 0.15) is 49.8 Å². The summed E-state index contributed by atoms with van der Waals surface area (Å²) in [4.78, 5) is 0. The molecule has 0 radical (unpaired) electrons. The average Bonchev–Trinajstić information content (AvgIpc) is 3.13. The smallest absolute Gasteiger partial charge is 0.127 e. The minimum Gasteiger partial charge on any atom is -0.493 e. The maximum Gasteiger partial charge on any atom is 0.127 e. The zero-order valence-corrected chi connectivity index (χ0v) is 14.2. The fourth-order valence-electron chi connectivity index (χ4n) is 3.29. The van der Waals surface area contributed by atoms with Gasteiger partial charge in [0.1, 0.15) is 5.75 Å². The summed E-state index contributed by atoms with van der Waals surface area (Å²) in [6.07, 6.45) is 5.95. The molecule has 4 heteroatoms. The molecule has 2 aliphatic heterocycles. The molecule has 3 rings (SSSR count). The summed E-state index contributed by atoms with van der Waals surface area (Å²) in [7, 11) is 0. The minimum atomic E-state index is 0.317. The zero-order chi connectivity index (χ0) is 14.7. The van der Waals surface area contributed by atoms with Crippen molar-refractivity contribution in [1.29, 1.82) is 0 Å². The van der Waals surface area contributed by atoms with Gasteiger partial charge >= 0.3 is 0 Å². The number of benzene rings is 1. The Hall–Kier alpha value is -0.580. The molecule has 1 aromatic carbocycles. The highest BCUT2D eigenvalue weighted by Crippen LogP contribution is 2.38. The monoisotopic (exact) mass is 353 g/mol. The number of nitrogens with one attached hydrogen (secondary N) is 1. The predicted octanol–water partition coefficient (Wildman–Crippen LogP) is 3.99. The van der Waals surface area contributed by atoms with Crippen molar-refractivity contribution in [2.75, 3.05) is 19.8 Å². The van der Waals surface area contributed by atoms with Gasteiger partial charge in [0.25, 0.3) is 0 Å². The van der Waals surface area contributed by atoms with Gasteiger partial charge in [0.15, 0.2) is 0 Å². The van der Waals surface area contributed by atoms with Gasteiger partial charge in [-0.3, -0.25) is 0 Å². The van der Waals surface area contributed by atoms with E-state index in [0.29, 0.717) is 12.1 Å². The molecular formula is C17H24BrNO2. The van der Waals surface area contributed by atoms with Gasteiger partial charge in [-0.2, -0.15) is 0 Å². The molecule has 0 aromatic heterocycles. The lowest BCUT2D eigenvalue weighted by Crippen LogP contribution is -2.26. The van der Waals surface area contributed by atoms with Gasteiger partial charge in [-0.1, -0.05) is 22.9 Å². The summed E-state index contributed by atoms with van der Waals surface area (Å²) in [6.45, 7) is 4.95. The number of fused-ring (bicyclic) bond motifs is 1. The quantitative estimate of drug-likeness (QED) is 0.838. The molecular weight excluding hydrogens is 330 g/mol. The molecule has 2 heterocycles. The molecule has 116 valence electrons. The molecule has 1 N–H and O–H groups in total. The first-order valence-corrected chi connectivity index (χ1v) is 8.87. The summed E-state index contributed by atoms with van der Waals surface area (Å²) in [5.41, 5.74) is 2.62. The number of hydrogen-bond acceptors (Lipinski definition) is 3. The van der Waals surface area contributed by atoms with E-state index < -0.39 is 0 Å². The normalized spacial score (nSPS) is 22.1. The Morgan fingerprint density at radius 3 is 3.05 bits per heavy atom. The molecule has 2 unspecified atom stereocenters. The Kier molecular flexibility index (Phi) is 5.19. The minimum absolute atomic E-state index is 0.317. The van der Waals surface area contributed by atoms with Crippen molar-refractivity contribution in [3.05, 3.63) is 27.7 Å². The Morgan fingerprint density at radius 2 is 2.29 bits per heavy atom. The highest BCUT2D eigenvalue weighted by Gasteiger charge is 2.27. The van der Waals surface area contributed by atoms with Crippen LogP contribution in [0, 0.1) is 0 Å². The Bertz CT molecular complexity index is 486. The molecule has 1 saturated heterocycles. The number of ether oxygens (including phenoxy) is 2. The van der Waals surface area contributed by atoms with Crippen molar-refractivity contribution in [2.45, 2.75) is 51.2 Å². The Balaban J connectivity index is 1.84. The fourth-order valence-corrected chi connectivity index (χ4v) is 3.81. The van der Waals surface area contributed by atoms with E-state index in [2.05, 4.69) is 40.3 Å². The third-order valence-corrected chi connectivity index (χ3v) is 4.77. The summed E-state index contributed by atoms with van der Waals surface area (Å²) in [5, 5.41) is 3.69. The van der Waals surface area contributed by atoms with E-state index in [9.17, 15) is 0 Å². The second-order valence-corrected chi connectivity index (χ2v) is 6.87. The lowest BCUT2D eigenvalue weighted by Gasteiger charge is -2.24. The summed E-state index contributed by atoms with van der Waals surface area (Å²) >= 11 is 3.65. The van der Waals surface area contributed by atoms with Crippen LogP contribution in [-0.2, 0) is 11.2 Å². The molecule has 0 amide bonds. The van der Waals surface area contributed by atoms with Crippen molar-refractivity contribution < 1.29 is 9.47 Å². The Labute approximate surface area is 135 Å². The van der Waals surface area contributed by atoms with Crippen LogP contribution in [0.3, 0.4) is 0 Å².